The Labute approximate surface area is 64.4 Å². The summed E-state index contributed by atoms with van der Waals surface area (Å²) in [6.07, 6.45) is 0. The number of hydrogen-bond acceptors (Lipinski definition) is 1. The van der Waals surface area contributed by atoms with Crippen LogP contribution in [0.3, 0.4) is 0 Å². The zero-order chi connectivity index (χ0) is 8.20. The normalized spacial score (nSPS) is 11.1. The van der Waals surface area contributed by atoms with Gasteiger partial charge in [-0.25, -0.2) is 0 Å². The van der Waals surface area contributed by atoms with E-state index >= 15 is 0 Å². The topological polar surface area (TPSA) is 3.24 Å². The minimum atomic E-state index is -1.67. The Balaban J connectivity index is 4.62. The summed E-state index contributed by atoms with van der Waals surface area (Å²) in [6.45, 7) is 11.3. The van der Waals surface area contributed by atoms with E-state index in [1.165, 1.54) is 0 Å². The highest BCUT2D eigenvalue weighted by Gasteiger charge is 2.24. The molecular weight excluding hydrogens is 138 g/mol. The first-order valence-corrected chi connectivity index (χ1v) is 5.39. The van der Waals surface area contributed by atoms with E-state index in [0.29, 0.717) is 0 Å². The molecule has 1 nitrogen and oxygen atoms in total. The maximum Gasteiger partial charge on any atom is 0.200 e. The van der Waals surface area contributed by atoms with Crippen LogP contribution in [0.4, 0.5) is 0 Å². The second-order valence-corrected chi connectivity index (χ2v) is 6.29. The molecular formula is C8H15NSi. The molecule has 0 radical (unpaired) electrons. The highest BCUT2D eigenvalue weighted by atomic mass is 28.3. The van der Waals surface area contributed by atoms with E-state index in [4.69, 9.17) is 0 Å². The molecule has 0 unspecified atom stereocenters. The Kier molecular flexibility index (Phi) is 3.32. The minimum absolute atomic E-state index is 1.67. The highest BCUT2D eigenvalue weighted by molar-refractivity contribution is 6.90. The average Bonchev–Trinajstić information content (AvgIpc) is 1.92. The SMILES string of the molecule is C=C[Si](C=C)(C=C)N(C)C. The molecule has 0 N–H and O–H groups in total. The molecule has 0 aromatic carbocycles. The molecule has 0 aliphatic rings. The minimum Gasteiger partial charge on any atom is -0.320 e. The van der Waals surface area contributed by atoms with Crippen LogP contribution < -0.4 is 0 Å². The Morgan fingerprint density at radius 2 is 1.30 bits per heavy atom. The van der Waals surface area contributed by atoms with Gasteiger partial charge in [0.2, 0.25) is 8.24 Å². The summed E-state index contributed by atoms with van der Waals surface area (Å²) in [5.41, 5.74) is 5.85. The molecule has 0 amide bonds. The summed E-state index contributed by atoms with van der Waals surface area (Å²) in [4.78, 5) is 0. The van der Waals surface area contributed by atoms with Crippen LogP contribution in [0.2, 0.25) is 0 Å². The molecule has 0 saturated carbocycles. The number of nitrogens with zero attached hydrogens (tertiary/aromatic N) is 1. The fourth-order valence-electron chi connectivity index (χ4n) is 0.798. The van der Waals surface area contributed by atoms with Gasteiger partial charge in [-0.05, 0) is 14.1 Å². The lowest BCUT2D eigenvalue weighted by Gasteiger charge is -2.27. The van der Waals surface area contributed by atoms with Gasteiger partial charge in [0.15, 0.2) is 0 Å². The van der Waals surface area contributed by atoms with Crippen LogP contribution in [-0.2, 0) is 0 Å². The van der Waals surface area contributed by atoms with E-state index in [1.807, 2.05) is 31.2 Å². The van der Waals surface area contributed by atoms with Gasteiger partial charge in [0.1, 0.15) is 0 Å². The predicted octanol–water partition coefficient (Wildman–Crippen LogP) is 1.67. The van der Waals surface area contributed by atoms with Gasteiger partial charge in [-0.3, -0.25) is 0 Å². The lowest BCUT2D eigenvalue weighted by molar-refractivity contribution is 0.642. The Bertz CT molecular complexity index is 128. The number of rotatable bonds is 4. The van der Waals surface area contributed by atoms with Crippen LogP contribution in [0.15, 0.2) is 36.8 Å². The van der Waals surface area contributed by atoms with Gasteiger partial charge in [-0.15, -0.1) is 19.7 Å². The zero-order valence-corrected chi connectivity index (χ0v) is 7.80. The molecule has 2 heteroatoms. The fraction of sp³-hybridized carbons (Fsp3) is 0.250. The second-order valence-electron chi connectivity index (χ2n) is 2.39. The largest absolute Gasteiger partial charge is 0.320 e. The van der Waals surface area contributed by atoms with Crippen molar-refractivity contribution in [1.29, 1.82) is 0 Å². The Hall–Kier alpha value is -0.603. The average molecular weight is 153 g/mol. The van der Waals surface area contributed by atoms with Gasteiger partial charge in [0.05, 0.1) is 0 Å². The summed E-state index contributed by atoms with van der Waals surface area (Å²) in [5.74, 6) is 0. The van der Waals surface area contributed by atoms with Crippen molar-refractivity contribution in [2.24, 2.45) is 0 Å². The maximum absolute atomic E-state index is 3.77. The van der Waals surface area contributed by atoms with Crippen LogP contribution in [0.5, 0.6) is 0 Å². The summed E-state index contributed by atoms with van der Waals surface area (Å²) < 4.78 is 2.14. The molecule has 10 heavy (non-hydrogen) atoms. The quantitative estimate of drug-likeness (QED) is 0.555. The van der Waals surface area contributed by atoms with Crippen LogP contribution >= 0.6 is 0 Å². The molecule has 0 heterocycles. The lowest BCUT2D eigenvalue weighted by atomic mass is 11.2. The zero-order valence-electron chi connectivity index (χ0n) is 6.80. The molecule has 0 aliphatic carbocycles. The molecule has 0 saturated heterocycles. The third kappa shape index (κ3) is 1.46. The van der Waals surface area contributed by atoms with Gasteiger partial charge >= 0.3 is 0 Å². The van der Waals surface area contributed by atoms with Gasteiger partial charge in [0, 0.05) is 0 Å². The molecule has 56 valence electrons. The van der Waals surface area contributed by atoms with E-state index in [2.05, 4.69) is 24.3 Å². The van der Waals surface area contributed by atoms with Crippen LogP contribution in [-0.4, -0.2) is 26.9 Å². The maximum atomic E-state index is 3.77. The van der Waals surface area contributed by atoms with E-state index in [0.717, 1.165) is 0 Å². The molecule has 0 atom stereocenters. The first-order chi connectivity index (χ1) is 4.63. The second kappa shape index (κ2) is 3.54. The lowest BCUT2D eigenvalue weighted by Crippen LogP contribution is -2.44. The van der Waals surface area contributed by atoms with Crippen LogP contribution in [0.1, 0.15) is 0 Å². The van der Waals surface area contributed by atoms with Gasteiger partial charge in [-0.1, -0.05) is 17.1 Å². The number of hydrogen-bond donors (Lipinski definition) is 0. The summed E-state index contributed by atoms with van der Waals surface area (Å²) in [6, 6.07) is 0. The molecule has 0 spiro atoms. The van der Waals surface area contributed by atoms with Crippen LogP contribution in [0.25, 0.3) is 0 Å². The van der Waals surface area contributed by atoms with Crippen molar-refractivity contribution in [1.82, 2.24) is 4.57 Å². The first-order valence-electron chi connectivity index (χ1n) is 3.21. The van der Waals surface area contributed by atoms with Crippen molar-refractivity contribution >= 4 is 8.24 Å². The molecule has 0 aliphatic heterocycles. The Morgan fingerprint density at radius 3 is 1.30 bits per heavy atom. The molecule has 0 rings (SSSR count). The first kappa shape index (κ1) is 9.40. The van der Waals surface area contributed by atoms with Crippen LogP contribution in [0, 0.1) is 0 Å². The van der Waals surface area contributed by atoms with Crippen molar-refractivity contribution in [2.45, 2.75) is 0 Å². The van der Waals surface area contributed by atoms with Crippen molar-refractivity contribution in [2.75, 3.05) is 14.1 Å². The standard InChI is InChI=1S/C8H15NSi/c1-6-10(7-2,8-3)9(4)5/h6-8H,1-3H2,4-5H3. The third-order valence-corrected chi connectivity index (χ3v) is 5.27. The molecule has 0 fully saturated rings. The van der Waals surface area contributed by atoms with Gasteiger partial charge < -0.3 is 4.57 Å². The summed E-state index contributed by atoms with van der Waals surface area (Å²) in [7, 11) is 2.38. The van der Waals surface area contributed by atoms with E-state index in [-0.39, 0.29) is 0 Å². The van der Waals surface area contributed by atoms with E-state index < -0.39 is 8.24 Å². The smallest absolute Gasteiger partial charge is 0.200 e. The highest BCUT2D eigenvalue weighted by Crippen LogP contribution is 2.08. The molecule has 0 aromatic rings. The van der Waals surface area contributed by atoms with Gasteiger partial charge in [0.25, 0.3) is 0 Å². The molecule has 0 aromatic heterocycles. The van der Waals surface area contributed by atoms with Crippen molar-refractivity contribution in [3.8, 4) is 0 Å². The monoisotopic (exact) mass is 153 g/mol. The summed E-state index contributed by atoms with van der Waals surface area (Å²) >= 11 is 0. The Morgan fingerprint density at radius 1 is 1.00 bits per heavy atom. The van der Waals surface area contributed by atoms with Crippen molar-refractivity contribution in [3.05, 3.63) is 36.8 Å². The van der Waals surface area contributed by atoms with Crippen molar-refractivity contribution < 1.29 is 0 Å². The van der Waals surface area contributed by atoms with E-state index in [9.17, 15) is 0 Å². The third-order valence-electron chi connectivity index (χ3n) is 1.76. The predicted molar refractivity (Wildman–Crippen MR) is 50.0 cm³/mol. The van der Waals surface area contributed by atoms with Gasteiger partial charge in [-0.2, -0.15) is 0 Å². The fourth-order valence-corrected chi connectivity index (χ4v) is 2.39. The summed E-state index contributed by atoms with van der Waals surface area (Å²) in [5, 5.41) is 0. The van der Waals surface area contributed by atoms with Crippen molar-refractivity contribution in [3.63, 3.8) is 0 Å². The van der Waals surface area contributed by atoms with E-state index in [1.54, 1.807) is 0 Å². The molecule has 0 bridgehead atoms.